The Kier molecular flexibility index (Phi) is 5.89. The van der Waals surface area contributed by atoms with Crippen LogP contribution < -0.4 is 11.1 Å². The number of nitro benzene ring substituents is 1. The first kappa shape index (κ1) is 17.5. The van der Waals surface area contributed by atoms with Crippen LogP contribution in [0.2, 0.25) is 0 Å². The van der Waals surface area contributed by atoms with Crippen LogP contribution in [0.4, 0.5) is 11.4 Å². The number of guanidine groups is 1. The van der Waals surface area contributed by atoms with E-state index in [4.69, 9.17) is 5.73 Å². The zero-order valence-electron chi connectivity index (χ0n) is 13.9. The number of aliphatic imine (C=N–C) groups is 1. The first-order valence-corrected chi connectivity index (χ1v) is 7.89. The van der Waals surface area contributed by atoms with E-state index in [2.05, 4.69) is 36.3 Å². The minimum Gasteiger partial charge on any atom is -0.370 e. The number of nitrogens with zero attached hydrogens (tertiary/aromatic N) is 2. The SMILES string of the molecule is CCC(C)c1ccc(NC(N)=NCc2cccc([N+](=O)[O-])c2)cc1. The zero-order valence-corrected chi connectivity index (χ0v) is 13.9. The van der Waals surface area contributed by atoms with E-state index in [0.29, 0.717) is 5.92 Å². The third-order valence-corrected chi connectivity index (χ3v) is 3.92. The van der Waals surface area contributed by atoms with Gasteiger partial charge in [0.05, 0.1) is 11.5 Å². The summed E-state index contributed by atoms with van der Waals surface area (Å²) in [4.78, 5) is 14.6. The third kappa shape index (κ3) is 4.81. The average Bonchev–Trinajstić information content (AvgIpc) is 2.60. The lowest BCUT2D eigenvalue weighted by Gasteiger charge is -2.10. The highest BCUT2D eigenvalue weighted by molar-refractivity contribution is 5.92. The molecule has 126 valence electrons. The highest BCUT2D eigenvalue weighted by Crippen LogP contribution is 2.20. The number of benzene rings is 2. The number of hydrogen-bond acceptors (Lipinski definition) is 3. The molecule has 1 unspecified atom stereocenters. The van der Waals surface area contributed by atoms with Crippen LogP contribution in [0.1, 0.15) is 37.3 Å². The van der Waals surface area contributed by atoms with Crippen molar-refractivity contribution in [1.82, 2.24) is 0 Å². The Bertz CT molecular complexity index is 726. The molecule has 0 aliphatic carbocycles. The van der Waals surface area contributed by atoms with Gasteiger partial charge in [-0.15, -0.1) is 0 Å². The van der Waals surface area contributed by atoms with Crippen LogP contribution in [0.3, 0.4) is 0 Å². The molecule has 6 heteroatoms. The van der Waals surface area contributed by atoms with E-state index in [1.165, 1.54) is 17.7 Å². The molecule has 0 saturated carbocycles. The van der Waals surface area contributed by atoms with E-state index >= 15 is 0 Å². The maximum atomic E-state index is 10.8. The Labute approximate surface area is 141 Å². The number of anilines is 1. The Morgan fingerprint density at radius 1 is 1.29 bits per heavy atom. The fraction of sp³-hybridized carbons (Fsp3) is 0.278. The van der Waals surface area contributed by atoms with E-state index in [9.17, 15) is 10.1 Å². The van der Waals surface area contributed by atoms with Gasteiger partial charge >= 0.3 is 0 Å². The molecule has 2 aromatic carbocycles. The van der Waals surface area contributed by atoms with Crippen molar-refractivity contribution in [1.29, 1.82) is 0 Å². The second kappa shape index (κ2) is 8.10. The Balaban J connectivity index is 1.99. The van der Waals surface area contributed by atoms with Gasteiger partial charge in [0, 0.05) is 17.8 Å². The molecule has 0 radical (unpaired) electrons. The van der Waals surface area contributed by atoms with Crippen molar-refractivity contribution < 1.29 is 4.92 Å². The van der Waals surface area contributed by atoms with Gasteiger partial charge in [0.15, 0.2) is 5.96 Å². The van der Waals surface area contributed by atoms with E-state index < -0.39 is 4.92 Å². The molecule has 0 aliphatic heterocycles. The van der Waals surface area contributed by atoms with Crippen LogP contribution in [0, 0.1) is 10.1 Å². The van der Waals surface area contributed by atoms with Crippen LogP contribution in [0.5, 0.6) is 0 Å². The van der Waals surface area contributed by atoms with Crippen molar-refractivity contribution in [2.24, 2.45) is 10.7 Å². The number of nitrogens with two attached hydrogens (primary N) is 1. The standard InChI is InChI=1S/C18H22N4O2/c1-3-13(2)15-7-9-16(10-8-15)21-18(19)20-12-14-5-4-6-17(11-14)22(23)24/h4-11,13H,3,12H2,1-2H3,(H3,19,20,21). The predicted molar refractivity (Wildman–Crippen MR) is 97.2 cm³/mol. The van der Waals surface area contributed by atoms with Gasteiger partial charge in [0.2, 0.25) is 0 Å². The quantitative estimate of drug-likeness (QED) is 0.362. The summed E-state index contributed by atoms with van der Waals surface area (Å²) in [6, 6.07) is 14.5. The second-order valence-corrected chi connectivity index (χ2v) is 5.68. The molecule has 0 aromatic heterocycles. The molecule has 2 rings (SSSR count). The van der Waals surface area contributed by atoms with Gasteiger partial charge in [0.25, 0.3) is 5.69 Å². The smallest absolute Gasteiger partial charge is 0.269 e. The van der Waals surface area contributed by atoms with Gasteiger partial charge in [-0.25, -0.2) is 4.99 Å². The largest absolute Gasteiger partial charge is 0.370 e. The molecule has 0 aliphatic rings. The van der Waals surface area contributed by atoms with Crippen LogP contribution in [0.25, 0.3) is 0 Å². The number of non-ortho nitro benzene ring substituents is 1. The first-order valence-electron chi connectivity index (χ1n) is 7.89. The minimum absolute atomic E-state index is 0.0508. The number of nitro groups is 1. The maximum Gasteiger partial charge on any atom is 0.269 e. The van der Waals surface area contributed by atoms with Crippen molar-refractivity contribution in [3.8, 4) is 0 Å². The molecule has 2 aromatic rings. The molecule has 6 nitrogen and oxygen atoms in total. The Morgan fingerprint density at radius 3 is 2.62 bits per heavy atom. The van der Waals surface area contributed by atoms with Crippen LogP contribution in [-0.2, 0) is 6.54 Å². The summed E-state index contributed by atoms with van der Waals surface area (Å²) >= 11 is 0. The summed E-state index contributed by atoms with van der Waals surface area (Å²) < 4.78 is 0. The highest BCUT2D eigenvalue weighted by Gasteiger charge is 2.05. The summed E-state index contributed by atoms with van der Waals surface area (Å²) in [5.74, 6) is 0.803. The summed E-state index contributed by atoms with van der Waals surface area (Å²) in [7, 11) is 0. The molecule has 24 heavy (non-hydrogen) atoms. The third-order valence-electron chi connectivity index (χ3n) is 3.92. The summed E-state index contributed by atoms with van der Waals surface area (Å²) in [5, 5.41) is 13.8. The lowest BCUT2D eigenvalue weighted by Crippen LogP contribution is -2.22. The van der Waals surface area contributed by atoms with E-state index in [1.807, 2.05) is 12.1 Å². The molecular weight excluding hydrogens is 304 g/mol. The van der Waals surface area contributed by atoms with Crippen molar-refractivity contribution in [3.63, 3.8) is 0 Å². The van der Waals surface area contributed by atoms with Gasteiger partial charge in [-0.3, -0.25) is 10.1 Å². The minimum atomic E-state index is -0.423. The summed E-state index contributed by atoms with van der Waals surface area (Å²) in [6.45, 7) is 4.64. The monoisotopic (exact) mass is 326 g/mol. The Morgan fingerprint density at radius 2 is 2.00 bits per heavy atom. The molecule has 0 fully saturated rings. The molecule has 0 bridgehead atoms. The van der Waals surface area contributed by atoms with Gasteiger partial charge in [-0.2, -0.15) is 0 Å². The van der Waals surface area contributed by atoms with Gasteiger partial charge in [0.1, 0.15) is 0 Å². The molecule has 1 atom stereocenters. The lowest BCUT2D eigenvalue weighted by atomic mass is 9.99. The molecule has 0 amide bonds. The summed E-state index contributed by atoms with van der Waals surface area (Å²) in [5.41, 5.74) is 8.82. The number of rotatable bonds is 6. The fourth-order valence-corrected chi connectivity index (χ4v) is 2.26. The van der Waals surface area contributed by atoms with Crippen LogP contribution >= 0.6 is 0 Å². The number of hydrogen-bond donors (Lipinski definition) is 2. The normalized spacial score (nSPS) is 12.7. The second-order valence-electron chi connectivity index (χ2n) is 5.68. The topological polar surface area (TPSA) is 93.5 Å². The van der Waals surface area contributed by atoms with Gasteiger partial charge < -0.3 is 11.1 Å². The number of nitrogens with one attached hydrogen (secondary N) is 1. The lowest BCUT2D eigenvalue weighted by molar-refractivity contribution is -0.384. The molecular formula is C18H22N4O2. The maximum absolute atomic E-state index is 10.8. The predicted octanol–water partition coefficient (Wildman–Crippen LogP) is 4.04. The molecule has 3 N–H and O–H groups in total. The molecule has 0 spiro atoms. The van der Waals surface area contributed by atoms with E-state index in [1.54, 1.807) is 12.1 Å². The van der Waals surface area contributed by atoms with Crippen LogP contribution in [-0.4, -0.2) is 10.9 Å². The van der Waals surface area contributed by atoms with Gasteiger partial charge in [-0.1, -0.05) is 38.1 Å². The van der Waals surface area contributed by atoms with Crippen molar-refractivity contribution >= 4 is 17.3 Å². The van der Waals surface area contributed by atoms with Crippen molar-refractivity contribution in [2.45, 2.75) is 32.7 Å². The first-order chi connectivity index (χ1) is 11.5. The molecule has 0 saturated heterocycles. The van der Waals surface area contributed by atoms with E-state index in [-0.39, 0.29) is 18.2 Å². The fourth-order valence-electron chi connectivity index (χ4n) is 2.26. The zero-order chi connectivity index (χ0) is 17.5. The highest BCUT2D eigenvalue weighted by atomic mass is 16.6. The molecule has 0 heterocycles. The van der Waals surface area contributed by atoms with Crippen molar-refractivity contribution in [3.05, 3.63) is 69.8 Å². The van der Waals surface area contributed by atoms with Gasteiger partial charge in [-0.05, 0) is 35.6 Å². The average molecular weight is 326 g/mol. The van der Waals surface area contributed by atoms with E-state index in [0.717, 1.165) is 17.7 Å². The van der Waals surface area contributed by atoms with Crippen LogP contribution in [0.15, 0.2) is 53.5 Å². The summed E-state index contributed by atoms with van der Waals surface area (Å²) in [6.07, 6.45) is 1.10. The Hall–Kier alpha value is -2.89. The van der Waals surface area contributed by atoms with Crippen molar-refractivity contribution in [2.75, 3.05) is 5.32 Å².